The van der Waals surface area contributed by atoms with Crippen LogP contribution in [0.3, 0.4) is 0 Å². The van der Waals surface area contributed by atoms with Gasteiger partial charge in [0.25, 0.3) is 0 Å². The van der Waals surface area contributed by atoms with Gasteiger partial charge in [-0.3, -0.25) is 4.79 Å². The second-order valence-electron chi connectivity index (χ2n) is 3.79. The van der Waals surface area contributed by atoms with Gasteiger partial charge in [0, 0.05) is 12.2 Å². The molecular weight excluding hydrogens is 194 g/mol. The van der Waals surface area contributed by atoms with Gasteiger partial charge in [-0.1, -0.05) is 13.8 Å². The number of rotatable bonds is 4. The number of nitrogens with zero attached hydrogens (tertiary/aromatic N) is 2. The molecule has 5 nitrogen and oxygen atoms in total. The van der Waals surface area contributed by atoms with Crippen molar-refractivity contribution in [2.45, 2.75) is 26.4 Å². The standard InChI is InChI=1S/C10H17N3O2/c1-7(2)10(11)8-4-12-6-13(8)5-9(14)15-3/h4,6-7,10H,5,11H2,1-3H3. The maximum Gasteiger partial charge on any atom is 0.325 e. The molecule has 0 aliphatic carbocycles. The van der Waals surface area contributed by atoms with Crippen molar-refractivity contribution in [1.82, 2.24) is 9.55 Å². The lowest BCUT2D eigenvalue weighted by molar-refractivity contribution is -0.141. The van der Waals surface area contributed by atoms with E-state index in [9.17, 15) is 4.79 Å². The molecule has 0 aliphatic rings. The van der Waals surface area contributed by atoms with E-state index < -0.39 is 0 Å². The first-order chi connectivity index (χ1) is 7.06. The van der Waals surface area contributed by atoms with Gasteiger partial charge in [0.15, 0.2) is 0 Å². The van der Waals surface area contributed by atoms with Gasteiger partial charge in [-0.15, -0.1) is 0 Å². The molecule has 1 atom stereocenters. The number of hydrogen-bond acceptors (Lipinski definition) is 4. The molecule has 15 heavy (non-hydrogen) atoms. The molecule has 0 saturated heterocycles. The van der Waals surface area contributed by atoms with Gasteiger partial charge in [0.05, 0.1) is 19.1 Å². The van der Waals surface area contributed by atoms with E-state index in [0.29, 0.717) is 5.92 Å². The fourth-order valence-corrected chi connectivity index (χ4v) is 1.29. The summed E-state index contributed by atoms with van der Waals surface area (Å²) in [5.41, 5.74) is 6.84. The number of carbonyl (C=O) groups is 1. The van der Waals surface area contributed by atoms with Gasteiger partial charge in [-0.05, 0) is 5.92 Å². The predicted octanol–water partition coefficient (Wildman–Crippen LogP) is 0.712. The quantitative estimate of drug-likeness (QED) is 0.745. The molecular formula is C10H17N3O2. The van der Waals surface area contributed by atoms with E-state index in [1.807, 2.05) is 13.8 Å². The fraction of sp³-hybridized carbons (Fsp3) is 0.600. The summed E-state index contributed by atoms with van der Waals surface area (Å²) in [4.78, 5) is 15.1. The molecule has 0 fully saturated rings. The second-order valence-corrected chi connectivity index (χ2v) is 3.79. The summed E-state index contributed by atoms with van der Waals surface area (Å²) < 4.78 is 6.31. The first-order valence-electron chi connectivity index (χ1n) is 4.88. The first kappa shape index (κ1) is 11.7. The molecule has 0 amide bonds. The highest BCUT2D eigenvalue weighted by Crippen LogP contribution is 2.18. The minimum atomic E-state index is -0.301. The van der Waals surface area contributed by atoms with Gasteiger partial charge in [0.1, 0.15) is 6.54 Å². The van der Waals surface area contributed by atoms with E-state index in [1.54, 1.807) is 17.1 Å². The molecule has 1 aromatic heterocycles. The summed E-state index contributed by atoms with van der Waals surface area (Å²) in [5.74, 6) is 0.00306. The van der Waals surface area contributed by atoms with Crippen LogP contribution in [0.5, 0.6) is 0 Å². The van der Waals surface area contributed by atoms with Crippen molar-refractivity contribution in [2.24, 2.45) is 11.7 Å². The highest BCUT2D eigenvalue weighted by atomic mass is 16.5. The van der Waals surface area contributed by atoms with Gasteiger partial charge in [0.2, 0.25) is 0 Å². The van der Waals surface area contributed by atoms with Crippen LogP contribution < -0.4 is 5.73 Å². The van der Waals surface area contributed by atoms with Crippen LogP contribution in [0.25, 0.3) is 0 Å². The molecule has 0 saturated carbocycles. The van der Waals surface area contributed by atoms with E-state index in [0.717, 1.165) is 5.69 Å². The summed E-state index contributed by atoms with van der Waals surface area (Å²) in [5, 5.41) is 0. The predicted molar refractivity (Wildman–Crippen MR) is 56.0 cm³/mol. The number of nitrogens with two attached hydrogens (primary N) is 1. The van der Waals surface area contributed by atoms with Crippen molar-refractivity contribution in [1.29, 1.82) is 0 Å². The molecule has 0 spiro atoms. The molecule has 1 rings (SSSR count). The Bertz CT molecular complexity index is 333. The topological polar surface area (TPSA) is 70.1 Å². The van der Waals surface area contributed by atoms with Gasteiger partial charge in [-0.25, -0.2) is 4.98 Å². The highest BCUT2D eigenvalue weighted by molar-refractivity contribution is 5.69. The Morgan fingerprint density at radius 3 is 2.87 bits per heavy atom. The van der Waals surface area contributed by atoms with Crippen LogP contribution in [0.1, 0.15) is 25.6 Å². The average molecular weight is 211 g/mol. The van der Waals surface area contributed by atoms with Crippen molar-refractivity contribution in [3.05, 3.63) is 18.2 Å². The van der Waals surface area contributed by atoms with Crippen LogP contribution in [0, 0.1) is 5.92 Å². The molecule has 1 heterocycles. The third-order valence-corrected chi connectivity index (χ3v) is 2.33. The minimum absolute atomic E-state index is 0.114. The molecule has 1 aromatic rings. The number of carbonyl (C=O) groups excluding carboxylic acids is 1. The summed E-state index contributed by atoms with van der Waals surface area (Å²) in [7, 11) is 1.36. The monoisotopic (exact) mass is 211 g/mol. The van der Waals surface area contributed by atoms with Crippen molar-refractivity contribution in [3.63, 3.8) is 0 Å². The lowest BCUT2D eigenvalue weighted by atomic mass is 10.0. The van der Waals surface area contributed by atoms with Crippen LogP contribution in [-0.2, 0) is 16.1 Å². The largest absolute Gasteiger partial charge is 0.468 e. The molecule has 5 heteroatoms. The fourth-order valence-electron chi connectivity index (χ4n) is 1.29. The number of esters is 1. The zero-order valence-electron chi connectivity index (χ0n) is 9.30. The summed E-state index contributed by atoms with van der Waals surface area (Å²) in [6.45, 7) is 4.21. The van der Waals surface area contributed by atoms with Crippen molar-refractivity contribution in [2.75, 3.05) is 7.11 Å². The lowest BCUT2D eigenvalue weighted by Gasteiger charge is -2.17. The molecule has 84 valence electrons. The Hall–Kier alpha value is -1.36. The third kappa shape index (κ3) is 2.79. The van der Waals surface area contributed by atoms with E-state index in [1.165, 1.54) is 7.11 Å². The molecule has 2 N–H and O–H groups in total. The summed E-state index contributed by atoms with van der Waals surface area (Å²) in [6.07, 6.45) is 3.28. The molecule has 0 bridgehead atoms. The van der Waals surface area contributed by atoms with Crippen LogP contribution in [0.2, 0.25) is 0 Å². The Labute approximate surface area is 89.2 Å². The molecule has 0 aliphatic heterocycles. The maximum absolute atomic E-state index is 11.1. The number of ether oxygens (including phenoxy) is 1. The van der Waals surface area contributed by atoms with E-state index in [2.05, 4.69) is 9.72 Å². The zero-order chi connectivity index (χ0) is 11.4. The van der Waals surface area contributed by atoms with Crippen LogP contribution in [-0.4, -0.2) is 22.6 Å². The smallest absolute Gasteiger partial charge is 0.325 e. The Kier molecular flexibility index (Phi) is 3.85. The molecule has 1 unspecified atom stereocenters. The van der Waals surface area contributed by atoms with Crippen LogP contribution in [0.4, 0.5) is 0 Å². The average Bonchev–Trinajstić information content (AvgIpc) is 2.64. The SMILES string of the molecule is COC(=O)Cn1cncc1C(N)C(C)C. The van der Waals surface area contributed by atoms with Gasteiger partial charge in [-0.2, -0.15) is 0 Å². The Morgan fingerprint density at radius 1 is 1.67 bits per heavy atom. The second kappa shape index (κ2) is 4.93. The first-order valence-corrected chi connectivity index (χ1v) is 4.88. The normalized spacial score (nSPS) is 12.9. The minimum Gasteiger partial charge on any atom is -0.468 e. The Balaban J connectivity index is 2.82. The molecule has 0 radical (unpaired) electrons. The zero-order valence-corrected chi connectivity index (χ0v) is 9.30. The number of hydrogen-bond donors (Lipinski definition) is 1. The van der Waals surface area contributed by atoms with E-state index in [4.69, 9.17) is 5.73 Å². The highest BCUT2D eigenvalue weighted by Gasteiger charge is 2.16. The summed E-state index contributed by atoms with van der Waals surface area (Å²) in [6, 6.07) is -0.114. The lowest BCUT2D eigenvalue weighted by Crippen LogP contribution is -2.22. The van der Waals surface area contributed by atoms with Crippen LogP contribution >= 0.6 is 0 Å². The van der Waals surface area contributed by atoms with Crippen LogP contribution in [0.15, 0.2) is 12.5 Å². The van der Waals surface area contributed by atoms with Gasteiger partial charge < -0.3 is 15.0 Å². The van der Waals surface area contributed by atoms with Crippen molar-refractivity contribution < 1.29 is 9.53 Å². The van der Waals surface area contributed by atoms with E-state index in [-0.39, 0.29) is 18.6 Å². The van der Waals surface area contributed by atoms with E-state index >= 15 is 0 Å². The van der Waals surface area contributed by atoms with Crippen molar-refractivity contribution in [3.8, 4) is 0 Å². The molecule has 0 aromatic carbocycles. The summed E-state index contributed by atoms with van der Waals surface area (Å²) >= 11 is 0. The van der Waals surface area contributed by atoms with Crippen molar-refractivity contribution >= 4 is 5.97 Å². The third-order valence-electron chi connectivity index (χ3n) is 2.33. The number of aromatic nitrogens is 2. The Morgan fingerprint density at radius 2 is 2.33 bits per heavy atom. The van der Waals surface area contributed by atoms with Gasteiger partial charge >= 0.3 is 5.97 Å². The number of imidazole rings is 1. The maximum atomic E-state index is 11.1. The number of methoxy groups -OCH3 is 1.